The maximum Gasteiger partial charge on any atom is 0.305 e. The Morgan fingerprint density at radius 2 is 1.28 bits per heavy atom. The molecule has 0 aromatic heterocycles. The molecule has 0 amide bonds. The third-order valence-corrected chi connectivity index (χ3v) is 5.84. The van der Waals surface area contributed by atoms with Crippen LogP contribution in [0.25, 0.3) is 0 Å². The highest BCUT2D eigenvalue weighted by molar-refractivity contribution is 7.86. The van der Waals surface area contributed by atoms with Crippen molar-refractivity contribution in [2.24, 2.45) is 5.92 Å². The molecule has 0 fully saturated rings. The highest BCUT2D eigenvalue weighted by atomic mass is 32.2. The number of esters is 1. The van der Waals surface area contributed by atoms with Gasteiger partial charge in [-0.25, -0.2) is 0 Å². The minimum absolute atomic E-state index is 0.108. The zero-order valence-electron chi connectivity index (χ0n) is 21.5. The number of rotatable bonds is 20. The van der Waals surface area contributed by atoms with Gasteiger partial charge in [0.05, 0.1) is 6.61 Å². The van der Waals surface area contributed by atoms with Crippen LogP contribution in [0.3, 0.4) is 0 Å². The van der Waals surface area contributed by atoms with Crippen molar-refractivity contribution in [2.45, 2.75) is 124 Å². The van der Waals surface area contributed by atoms with E-state index in [2.05, 4.69) is 17.6 Å². The van der Waals surface area contributed by atoms with Gasteiger partial charge >= 0.3 is 5.97 Å². The van der Waals surface area contributed by atoms with E-state index in [1.807, 2.05) is 20.8 Å². The van der Waals surface area contributed by atoms with Gasteiger partial charge in [-0.3, -0.25) is 20.0 Å². The lowest BCUT2D eigenvalue weighted by molar-refractivity contribution is -0.144. The summed E-state index contributed by atoms with van der Waals surface area (Å²) in [7, 11) is -4.07. The monoisotopic (exact) mass is 480 g/mol. The Kier molecular flexibility index (Phi) is 24.5. The molecule has 0 saturated carbocycles. The summed E-state index contributed by atoms with van der Waals surface area (Å²) >= 11 is 0. The molecular weight excluding hydrogens is 428 g/mol. The molecule has 0 heterocycles. The average molecular weight is 481 g/mol. The van der Waals surface area contributed by atoms with Gasteiger partial charge in [0.1, 0.15) is 0 Å². The van der Waals surface area contributed by atoms with Crippen LogP contribution in [0.1, 0.15) is 118 Å². The quantitative estimate of drug-likeness (QED) is 0.0894. The maximum atomic E-state index is 11.1. The van der Waals surface area contributed by atoms with Gasteiger partial charge in [0.25, 0.3) is 10.1 Å². The van der Waals surface area contributed by atoms with Crippen molar-refractivity contribution in [2.75, 3.05) is 19.7 Å². The number of hydrogen-bond donors (Lipinski definition) is 3. The first-order chi connectivity index (χ1) is 15.2. The Bertz CT molecular complexity index is 513. The molecule has 0 saturated heterocycles. The zero-order valence-corrected chi connectivity index (χ0v) is 22.3. The predicted octanol–water partition coefficient (Wildman–Crippen LogP) is 5.65. The minimum Gasteiger partial charge on any atom is -0.465 e. The van der Waals surface area contributed by atoms with Crippen LogP contribution in [0.2, 0.25) is 0 Å². The normalized spacial score (nSPS) is 12.3. The number of unbranched alkanes of at least 4 members (excludes halogenated alkanes) is 11. The Balaban J connectivity index is 0. The summed E-state index contributed by atoms with van der Waals surface area (Å²) in [4.78, 5) is 10.5. The average Bonchev–Trinajstić information content (AvgIpc) is 2.74. The molecule has 0 aromatic carbocycles. The number of nitrogens with one attached hydrogen (secondary N) is 2. The van der Waals surface area contributed by atoms with Gasteiger partial charge in [0.2, 0.25) is 0 Å². The SMILES string of the molecule is CCC(=O)OCC(C)C.CCCCCCCCCCCCCCNC(NCC)S(=O)(=O)O. The second-order valence-corrected chi connectivity index (χ2v) is 10.2. The topological polar surface area (TPSA) is 105 Å². The molecule has 0 rings (SSSR count). The fourth-order valence-corrected chi connectivity index (χ4v) is 3.73. The molecule has 32 heavy (non-hydrogen) atoms. The van der Waals surface area contributed by atoms with Crippen molar-refractivity contribution in [1.29, 1.82) is 0 Å². The third kappa shape index (κ3) is 25.6. The first-order valence-electron chi connectivity index (χ1n) is 12.8. The fourth-order valence-electron chi connectivity index (χ4n) is 3.03. The third-order valence-electron chi connectivity index (χ3n) is 4.91. The number of carbonyl (C=O) groups is 1. The van der Waals surface area contributed by atoms with E-state index in [1.54, 1.807) is 6.92 Å². The largest absolute Gasteiger partial charge is 0.465 e. The smallest absolute Gasteiger partial charge is 0.305 e. The highest BCUT2D eigenvalue weighted by Crippen LogP contribution is 2.11. The minimum atomic E-state index is -4.07. The summed E-state index contributed by atoms with van der Waals surface area (Å²) in [5.74, 6) is 0.337. The Labute approximate surface area is 198 Å². The maximum absolute atomic E-state index is 11.1. The molecule has 7 nitrogen and oxygen atoms in total. The summed E-state index contributed by atoms with van der Waals surface area (Å²) in [5, 5.41) is 5.56. The van der Waals surface area contributed by atoms with Crippen LogP contribution in [0, 0.1) is 5.92 Å². The van der Waals surface area contributed by atoms with Crippen molar-refractivity contribution >= 4 is 16.1 Å². The van der Waals surface area contributed by atoms with Gasteiger partial charge < -0.3 is 4.74 Å². The van der Waals surface area contributed by atoms with E-state index in [4.69, 9.17) is 9.29 Å². The van der Waals surface area contributed by atoms with Crippen molar-refractivity contribution in [1.82, 2.24) is 10.6 Å². The highest BCUT2D eigenvalue weighted by Gasteiger charge is 2.20. The molecule has 1 unspecified atom stereocenters. The lowest BCUT2D eigenvalue weighted by Gasteiger charge is -2.16. The van der Waals surface area contributed by atoms with Crippen molar-refractivity contribution < 1.29 is 22.5 Å². The van der Waals surface area contributed by atoms with E-state index in [9.17, 15) is 13.2 Å². The summed E-state index contributed by atoms with van der Waals surface area (Å²) < 4.78 is 36.1. The first kappa shape index (κ1) is 33.5. The van der Waals surface area contributed by atoms with E-state index in [1.165, 1.54) is 64.2 Å². The van der Waals surface area contributed by atoms with Crippen molar-refractivity contribution in [3.8, 4) is 0 Å². The molecule has 1 atom stereocenters. The van der Waals surface area contributed by atoms with E-state index in [-0.39, 0.29) is 5.97 Å². The lowest BCUT2D eigenvalue weighted by Crippen LogP contribution is -2.48. The molecule has 0 bridgehead atoms. The van der Waals surface area contributed by atoms with E-state index in [0.717, 1.165) is 12.8 Å². The molecule has 0 aromatic rings. The molecule has 3 N–H and O–H groups in total. The predicted molar refractivity (Wildman–Crippen MR) is 134 cm³/mol. The van der Waals surface area contributed by atoms with Crippen LogP contribution in [0.5, 0.6) is 0 Å². The number of ether oxygens (including phenoxy) is 1. The van der Waals surface area contributed by atoms with Crippen LogP contribution in [0.15, 0.2) is 0 Å². The Morgan fingerprint density at radius 3 is 1.66 bits per heavy atom. The second kappa shape index (κ2) is 23.5. The van der Waals surface area contributed by atoms with Gasteiger partial charge in [-0.05, 0) is 25.4 Å². The molecule has 0 aliphatic heterocycles. The van der Waals surface area contributed by atoms with Gasteiger partial charge in [0, 0.05) is 6.42 Å². The summed E-state index contributed by atoms with van der Waals surface area (Å²) in [6, 6.07) is 0. The standard InChI is InChI=1S/C17H38N2O3S.C7H14O2/c1-3-5-6-7-8-9-10-11-12-13-14-15-16-19-17(18-4-2)23(20,21)22;1-4-7(8)9-5-6(2)3/h17-19H,3-16H2,1-2H3,(H,20,21,22);6H,4-5H2,1-3H3. The molecular formula is C24H52N2O5S. The van der Waals surface area contributed by atoms with Crippen LogP contribution in [-0.2, 0) is 19.6 Å². The summed E-state index contributed by atoms with van der Waals surface area (Å²) in [6.07, 6.45) is 15.9. The van der Waals surface area contributed by atoms with Crippen molar-refractivity contribution in [3.05, 3.63) is 0 Å². The number of carbonyl (C=O) groups excluding carboxylic acids is 1. The first-order valence-corrected chi connectivity index (χ1v) is 14.3. The van der Waals surface area contributed by atoms with Crippen LogP contribution in [-0.4, -0.2) is 44.1 Å². The van der Waals surface area contributed by atoms with E-state index >= 15 is 0 Å². The second-order valence-electron chi connectivity index (χ2n) is 8.73. The fraction of sp³-hybridized carbons (Fsp3) is 0.958. The molecule has 194 valence electrons. The molecule has 0 spiro atoms. The van der Waals surface area contributed by atoms with Gasteiger partial charge in [0.15, 0.2) is 5.50 Å². The van der Waals surface area contributed by atoms with E-state index in [0.29, 0.717) is 32.0 Å². The summed E-state index contributed by atoms with van der Waals surface area (Å²) in [6.45, 7) is 11.5. The lowest BCUT2D eigenvalue weighted by atomic mass is 10.1. The van der Waals surface area contributed by atoms with Crippen LogP contribution >= 0.6 is 0 Å². The van der Waals surface area contributed by atoms with Gasteiger partial charge in [-0.2, -0.15) is 8.42 Å². The molecule has 0 aliphatic rings. The summed E-state index contributed by atoms with van der Waals surface area (Å²) in [5.41, 5.74) is -1.04. The molecule has 8 heteroatoms. The van der Waals surface area contributed by atoms with Crippen LogP contribution in [0.4, 0.5) is 0 Å². The Morgan fingerprint density at radius 1 is 0.812 bits per heavy atom. The van der Waals surface area contributed by atoms with Gasteiger partial charge in [-0.1, -0.05) is 105 Å². The number of hydrogen-bond acceptors (Lipinski definition) is 6. The van der Waals surface area contributed by atoms with Crippen LogP contribution < -0.4 is 10.6 Å². The zero-order chi connectivity index (χ0) is 24.7. The Hall–Kier alpha value is -0.700. The molecule has 0 radical (unpaired) electrons. The van der Waals surface area contributed by atoms with Gasteiger partial charge in [-0.15, -0.1) is 0 Å². The van der Waals surface area contributed by atoms with Crippen molar-refractivity contribution in [3.63, 3.8) is 0 Å². The van der Waals surface area contributed by atoms with E-state index < -0.39 is 15.6 Å². The molecule has 0 aliphatic carbocycles.